The fourth-order valence-corrected chi connectivity index (χ4v) is 1.71. The molecule has 0 spiro atoms. The van der Waals surface area contributed by atoms with E-state index in [9.17, 15) is 4.79 Å². The van der Waals surface area contributed by atoms with Gasteiger partial charge in [0.15, 0.2) is 0 Å². The van der Waals surface area contributed by atoms with Crippen LogP contribution < -0.4 is 5.43 Å². The van der Waals surface area contributed by atoms with Gasteiger partial charge >= 0.3 is 0 Å². The molecule has 1 saturated carbocycles. The number of hydrogen-bond donors (Lipinski definition) is 1. The van der Waals surface area contributed by atoms with Crippen molar-refractivity contribution in [2.24, 2.45) is 11.0 Å². The minimum atomic E-state index is 0.0151. The number of halogens is 1. The molecule has 1 aliphatic carbocycles. The monoisotopic (exact) mass is 292 g/mol. The first-order valence-corrected chi connectivity index (χ1v) is 6.30. The molecule has 0 radical (unpaired) electrons. The summed E-state index contributed by atoms with van der Waals surface area (Å²) in [6, 6.07) is 9.90. The van der Waals surface area contributed by atoms with Crippen LogP contribution in [0.2, 0.25) is 0 Å². The van der Waals surface area contributed by atoms with Gasteiger partial charge < -0.3 is 0 Å². The number of hydrazone groups is 1. The molecule has 1 fully saturated rings. The summed E-state index contributed by atoms with van der Waals surface area (Å²) in [4.78, 5) is 11.3. The zero-order valence-corrected chi connectivity index (χ0v) is 10.9. The highest BCUT2D eigenvalue weighted by molar-refractivity contribution is 9.12. The SMILES string of the molecule is O=C(NN=C/C(Br)=C/c1ccccc1)C1CC1. The number of nitrogens with zero attached hydrogens (tertiary/aromatic N) is 1. The molecular weight excluding hydrogens is 280 g/mol. The van der Waals surface area contributed by atoms with Gasteiger partial charge in [0, 0.05) is 10.4 Å². The van der Waals surface area contributed by atoms with Gasteiger partial charge in [0.2, 0.25) is 5.91 Å². The van der Waals surface area contributed by atoms with Gasteiger partial charge in [-0.2, -0.15) is 5.10 Å². The highest BCUT2D eigenvalue weighted by Gasteiger charge is 2.29. The summed E-state index contributed by atoms with van der Waals surface area (Å²) in [5, 5.41) is 3.89. The molecule has 0 atom stereocenters. The number of benzene rings is 1. The quantitative estimate of drug-likeness (QED) is 0.673. The lowest BCUT2D eigenvalue weighted by molar-refractivity contribution is -0.122. The van der Waals surface area contributed by atoms with Gasteiger partial charge in [-0.05, 0) is 40.4 Å². The maximum absolute atomic E-state index is 11.3. The van der Waals surface area contributed by atoms with Gasteiger partial charge in [0.05, 0.1) is 6.21 Å². The smallest absolute Gasteiger partial charge is 0.243 e. The van der Waals surface area contributed by atoms with Gasteiger partial charge in [-0.25, -0.2) is 5.43 Å². The van der Waals surface area contributed by atoms with E-state index in [1.807, 2.05) is 36.4 Å². The van der Waals surface area contributed by atoms with Crippen LogP contribution in [0.5, 0.6) is 0 Å². The lowest BCUT2D eigenvalue weighted by Crippen LogP contribution is -2.18. The molecule has 3 nitrogen and oxygen atoms in total. The first-order valence-electron chi connectivity index (χ1n) is 5.51. The second kappa shape index (κ2) is 5.77. The van der Waals surface area contributed by atoms with Crippen LogP contribution in [-0.4, -0.2) is 12.1 Å². The maximum atomic E-state index is 11.3. The number of rotatable bonds is 4. The van der Waals surface area contributed by atoms with Gasteiger partial charge in [0.1, 0.15) is 0 Å². The number of allylic oxidation sites excluding steroid dienone is 1. The van der Waals surface area contributed by atoms with Crippen LogP contribution in [0.4, 0.5) is 0 Å². The summed E-state index contributed by atoms with van der Waals surface area (Å²) in [6.45, 7) is 0. The zero-order valence-electron chi connectivity index (χ0n) is 9.27. The molecular formula is C13H13BrN2O. The van der Waals surface area contributed by atoms with E-state index >= 15 is 0 Å². The van der Waals surface area contributed by atoms with Crippen LogP contribution in [0.3, 0.4) is 0 Å². The van der Waals surface area contributed by atoms with E-state index in [1.165, 1.54) is 0 Å². The summed E-state index contributed by atoms with van der Waals surface area (Å²) >= 11 is 3.38. The van der Waals surface area contributed by atoms with Crippen molar-refractivity contribution in [3.05, 3.63) is 40.4 Å². The van der Waals surface area contributed by atoms with E-state index in [1.54, 1.807) is 6.21 Å². The molecule has 0 aromatic heterocycles. The van der Waals surface area contributed by atoms with E-state index in [0.717, 1.165) is 22.9 Å². The number of carbonyl (C=O) groups is 1. The summed E-state index contributed by atoms with van der Waals surface area (Å²) in [5.41, 5.74) is 3.60. The van der Waals surface area contributed by atoms with Crippen molar-refractivity contribution in [3.8, 4) is 0 Å². The summed E-state index contributed by atoms with van der Waals surface area (Å²) in [5.74, 6) is 0.199. The van der Waals surface area contributed by atoms with E-state index in [4.69, 9.17) is 0 Å². The molecule has 0 bridgehead atoms. The molecule has 0 unspecified atom stereocenters. The third kappa shape index (κ3) is 4.15. The minimum absolute atomic E-state index is 0.0151. The van der Waals surface area contributed by atoms with E-state index in [-0.39, 0.29) is 11.8 Å². The fourth-order valence-electron chi connectivity index (χ4n) is 1.34. The molecule has 0 heterocycles. The van der Waals surface area contributed by atoms with Crippen molar-refractivity contribution in [3.63, 3.8) is 0 Å². The van der Waals surface area contributed by atoms with Crippen LogP contribution in [-0.2, 0) is 4.79 Å². The molecule has 0 aliphatic heterocycles. The predicted octanol–water partition coefficient (Wildman–Crippen LogP) is 2.93. The first kappa shape index (κ1) is 12.0. The lowest BCUT2D eigenvalue weighted by atomic mass is 10.2. The van der Waals surface area contributed by atoms with Crippen LogP contribution in [0.15, 0.2) is 39.9 Å². The minimum Gasteiger partial charge on any atom is -0.273 e. The zero-order chi connectivity index (χ0) is 12.1. The topological polar surface area (TPSA) is 41.5 Å². The van der Waals surface area contributed by atoms with Gasteiger partial charge in [-0.1, -0.05) is 30.3 Å². The van der Waals surface area contributed by atoms with Crippen molar-refractivity contribution in [1.29, 1.82) is 0 Å². The Morgan fingerprint density at radius 2 is 2.06 bits per heavy atom. The predicted molar refractivity (Wildman–Crippen MR) is 72.7 cm³/mol. The Bertz CT molecular complexity index is 450. The Morgan fingerprint density at radius 1 is 1.35 bits per heavy atom. The van der Waals surface area contributed by atoms with Crippen molar-refractivity contribution in [1.82, 2.24) is 5.43 Å². The summed E-state index contributed by atoms with van der Waals surface area (Å²) in [7, 11) is 0. The molecule has 2 rings (SSSR count). The number of carbonyl (C=O) groups excluding carboxylic acids is 1. The Labute approximate surface area is 109 Å². The Morgan fingerprint density at radius 3 is 2.71 bits per heavy atom. The second-order valence-electron chi connectivity index (χ2n) is 3.95. The highest BCUT2D eigenvalue weighted by Crippen LogP contribution is 2.28. The average Bonchev–Trinajstić information content (AvgIpc) is 3.14. The highest BCUT2D eigenvalue weighted by atomic mass is 79.9. The van der Waals surface area contributed by atoms with Gasteiger partial charge in [0.25, 0.3) is 0 Å². The molecule has 17 heavy (non-hydrogen) atoms. The number of amides is 1. The molecule has 1 amide bonds. The fraction of sp³-hybridized carbons (Fsp3) is 0.231. The standard InChI is InChI=1S/C13H13BrN2O/c14-12(8-10-4-2-1-3-5-10)9-15-16-13(17)11-6-7-11/h1-5,8-9,11H,6-7H2,(H,16,17)/b12-8-,15-9?. The van der Waals surface area contributed by atoms with Crippen LogP contribution in [0, 0.1) is 5.92 Å². The van der Waals surface area contributed by atoms with E-state index in [0.29, 0.717) is 0 Å². The van der Waals surface area contributed by atoms with Crippen LogP contribution >= 0.6 is 15.9 Å². The molecule has 1 aromatic rings. The number of hydrogen-bond acceptors (Lipinski definition) is 2. The first-order chi connectivity index (χ1) is 8.25. The van der Waals surface area contributed by atoms with E-state index in [2.05, 4.69) is 26.5 Å². The van der Waals surface area contributed by atoms with Crippen molar-refractivity contribution < 1.29 is 4.79 Å². The summed E-state index contributed by atoms with van der Waals surface area (Å²) in [6.07, 6.45) is 5.50. The third-order valence-corrected chi connectivity index (χ3v) is 2.85. The maximum Gasteiger partial charge on any atom is 0.243 e. The molecule has 1 N–H and O–H groups in total. The Kier molecular flexibility index (Phi) is 4.09. The van der Waals surface area contributed by atoms with E-state index < -0.39 is 0 Å². The third-order valence-electron chi connectivity index (χ3n) is 2.41. The van der Waals surface area contributed by atoms with Crippen molar-refractivity contribution in [2.75, 3.05) is 0 Å². The Hall–Kier alpha value is -1.42. The van der Waals surface area contributed by atoms with Crippen molar-refractivity contribution >= 4 is 34.1 Å². The normalized spacial score (nSPS) is 16.2. The molecule has 1 aromatic carbocycles. The van der Waals surface area contributed by atoms with Crippen LogP contribution in [0.1, 0.15) is 18.4 Å². The lowest BCUT2D eigenvalue weighted by Gasteiger charge is -1.95. The molecule has 0 saturated heterocycles. The average molecular weight is 293 g/mol. The molecule has 4 heteroatoms. The second-order valence-corrected chi connectivity index (χ2v) is 4.86. The summed E-state index contributed by atoms with van der Waals surface area (Å²) < 4.78 is 0.819. The largest absolute Gasteiger partial charge is 0.273 e. The number of nitrogens with one attached hydrogen (secondary N) is 1. The van der Waals surface area contributed by atoms with Gasteiger partial charge in [-0.15, -0.1) is 0 Å². The Balaban J connectivity index is 1.87. The van der Waals surface area contributed by atoms with Gasteiger partial charge in [-0.3, -0.25) is 4.79 Å². The van der Waals surface area contributed by atoms with Crippen LogP contribution in [0.25, 0.3) is 6.08 Å². The molecule has 88 valence electrons. The van der Waals surface area contributed by atoms with Crippen molar-refractivity contribution in [2.45, 2.75) is 12.8 Å². The molecule has 1 aliphatic rings.